The summed E-state index contributed by atoms with van der Waals surface area (Å²) < 4.78 is 0. The summed E-state index contributed by atoms with van der Waals surface area (Å²) in [6, 6.07) is 0. The number of aromatic nitrogens is 2. The summed E-state index contributed by atoms with van der Waals surface area (Å²) in [4.78, 5) is 29.4. The van der Waals surface area contributed by atoms with Gasteiger partial charge in [-0.15, -0.1) is 0 Å². The Morgan fingerprint density at radius 1 is 1.47 bits per heavy atom. The summed E-state index contributed by atoms with van der Waals surface area (Å²) in [5, 5.41) is 2.69. The van der Waals surface area contributed by atoms with Crippen LogP contribution in [0.3, 0.4) is 0 Å². The minimum absolute atomic E-state index is 0.0440. The molecule has 0 radical (unpaired) electrons. The molecule has 1 aromatic rings. The highest BCUT2D eigenvalue weighted by Gasteiger charge is 2.24. The third kappa shape index (κ3) is 2.43. The van der Waals surface area contributed by atoms with Crippen LogP contribution in [0, 0.1) is 5.92 Å². The van der Waals surface area contributed by atoms with Gasteiger partial charge in [0.1, 0.15) is 5.78 Å². The van der Waals surface area contributed by atoms with Gasteiger partial charge in [-0.25, -0.2) is 4.98 Å². The molecule has 0 atom stereocenters. The molecule has 2 rings (SSSR count). The molecule has 1 heterocycles. The zero-order valence-electron chi connectivity index (χ0n) is 8.32. The zero-order chi connectivity index (χ0) is 10.7. The van der Waals surface area contributed by atoms with Crippen molar-refractivity contribution >= 4 is 17.6 Å². The molecule has 5 heteroatoms. The number of Topliss-reactive ketones (excluding diaryl/α,β-unsaturated/α-hetero) is 1. The van der Waals surface area contributed by atoms with Crippen molar-refractivity contribution in [2.24, 2.45) is 5.92 Å². The van der Waals surface area contributed by atoms with Gasteiger partial charge in [-0.05, 0) is 12.8 Å². The van der Waals surface area contributed by atoms with Crippen LogP contribution >= 0.6 is 0 Å². The molecule has 0 aliphatic heterocycles. The van der Waals surface area contributed by atoms with Crippen molar-refractivity contribution in [2.75, 3.05) is 5.32 Å². The normalized spacial score (nSPS) is 17.7. The largest absolute Gasteiger partial charge is 0.331 e. The maximum atomic E-state index is 11.7. The summed E-state index contributed by atoms with van der Waals surface area (Å²) >= 11 is 0. The van der Waals surface area contributed by atoms with E-state index in [0.29, 0.717) is 31.6 Å². The number of aromatic amines is 1. The number of hydrogen-bond acceptors (Lipinski definition) is 3. The molecule has 0 aromatic carbocycles. The highest BCUT2D eigenvalue weighted by atomic mass is 16.2. The number of carbonyl (C=O) groups excluding carboxylic acids is 2. The number of amides is 1. The van der Waals surface area contributed by atoms with E-state index in [1.54, 1.807) is 12.4 Å². The molecule has 0 saturated heterocycles. The first-order valence-corrected chi connectivity index (χ1v) is 5.07. The number of carbonyl (C=O) groups is 2. The Morgan fingerprint density at radius 2 is 2.20 bits per heavy atom. The van der Waals surface area contributed by atoms with Gasteiger partial charge in [-0.2, -0.15) is 0 Å². The second kappa shape index (κ2) is 4.25. The molecule has 0 spiro atoms. The third-order valence-electron chi connectivity index (χ3n) is 2.65. The maximum absolute atomic E-state index is 11.7. The smallest absolute Gasteiger partial charge is 0.229 e. The SMILES string of the molecule is O=C1CCC(C(=O)Nc2ncc[nH]2)CC1. The Balaban J connectivity index is 1.89. The number of rotatable bonds is 2. The van der Waals surface area contributed by atoms with Crippen molar-refractivity contribution in [3.05, 3.63) is 12.4 Å². The number of nitrogens with zero attached hydrogens (tertiary/aromatic N) is 1. The van der Waals surface area contributed by atoms with Crippen molar-refractivity contribution in [1.29, 1.82) is 0 Å². The average molecular weight is 207 g/mol. The van der Waals surface area contributed by atoms with Gasteiger partial charge in [0.2, 0.25) is 11.9 Å². The Morgan fingerprint density at radius 3 is 2.80 bits per heavy atom. The summed E-state index contributed by atoms with van der Waals surface area (Å²) in [5.74, 6) is 0.638. The fourth-order valence-electron chi connectivity index (χ4n) is 1.75. The molecule has 0 bridgehead atoms. The van der Waals surface area contributed by atoms with E-state index in [2.05, 4.69) is 15.3 Å². The molecule has 15 heavy (non-hydrogen) atoms. The number of H-pyrrole nitrogens is 1. The number of nitrogens with one attached hydrogen (secondary N) is 2. The van der Waals surface area contributed by atoms with E-state index in [1.807, 2.05) is 0 Å². The van der Waals surface area contributed by atoms with Crippen molar-refractivity contribution in [1.82, 2.24) is 9.97 Å². The van der Waals surface area contributed by atoms with E-state index < -0.39 is 0 Å². The van der Waals surface area contributed by atoms with Gasteiger partial charge in [0.15, 0.2) is 0 Å². The minimum atomic E-state index is -0.0483. The van der Waals surface area contributed by atoms with Crippen LogP contribution in [0.15, 0.2) is 12.4 Å². The molecule has 0 unspecified atom stereocenters. The van der Waals surface area contributed by atoms with Crippen LogP contribution in [0.25, 0.3) is 0 Å². The lowest BCUT2D eigenvalue weighted by Crippen LogP contribution is -2.27. The molecule has 1 aromatic heterocycles. The highest BCUT2D eigenvalue weighted by molar-refractivity contribution is 5.92. The Kier molecular flexibility index (Phi) is 2.80. The van der Waals surface area contributed by atoms with Crippen LogP contribution in [0.4, 0.5) is 5.95 Å². The summed E-state index contributed by atoms with van der Waals surface area (Å²) in [6.45, 7) is 0. The number of hydrogen-bond donors (Lipinski definition) is 2. The summed E-state index contributed by atoms with van der Waals surface area (Å²) in [5.41, 5.74) is 0. The van der Waals surface area contributed by atoms with E-state index in [4.69, 9.17) is 0 Å². The first kappa shape index (κ1) is 9.89. The van der Waals surface area contributed by atoms with Crippen LogP contribution < -0.4 is 5.32 Å². The average Bonchev–Trinajstić information content (AvgIpc) is 2.71. The first-order valence-electron chi connectivity index (χ1n) is 5.07. The van der Waals surface area contributed by atoms with Gasteiger partial charge in [0, 0.05) is 31.2 Å². The molecular weight excluding hydrogens is 194 g/mol. The Bertz CT molecular complexity index is 349. The first-order chi connectivity index (χ1) is 7.25. The topological polar surface area (TPSA) is 74.8 Å². The lowest BCUT2D eigenvalue weighted by molar-refractivity contribution is -0.125. The maximum Gasteiger partial charge on any atom is 0.229 e. The predicted octanol–water partition coefficient (Wildman–Crippen LogP) is 1.11. The van der Waals surface area contributed by atoms with Gasteiger partial charge < -0.3 is 4.98 Å². The van der Waals surface area contributed by atoms with Crippen LogP contribution in [0.2, 0.25) is 0 Å². The van der Waals surface area contributed by atoms with Gasteiger partial charge in [-0.3, -0.25) is 14.9 Å². The summed E-state index contributed by atoms with van der Waals surface area (Å²) in [6.07, 6.45) is 5.60. The highest BCUT2D eigenvalue weighted by Crippen LogP contribution is 2.22. The molecule has 1 aliphatic rings. The fourth-order valence-corrected chi connectivity index (χ4v) is 1.75. The molecule has 80 valence electrons. The van der Waals surface area contributed by atoms with Crippen LogP contribution in [0.5, 0.6) is 0 Å². The lowest BCUT2D eigenvalue weighted by atomic mass is 9.88. The van der Waals surface area contributed by atoms with Crippen LogP contribution in [-0.2, 0) is 9.59 Å². The molecule has 5 nitrogen and oxygen atoms in total. The molecule has 1 fully saturated rings. The van der Waals surface area contributed by atoms with Crippen molar-refractivity contribution in [3.63, 3.8) is 0 Å². The number of ketones is 1. The van der Waals surface area contributed by atoms with Gasteiger partial charge >= 0.3 is 0 Å². The van der Waals surface area contributed by atoms with Crippen LogP contribution in [-0.4, -0.2) is 21.7 Å². The number of anilines is 1. The van der Waals surface area contributed by atoms with E-state index in [-0.39, 0.29) is 17.6 Å². The zero-order valence-corrected chi connectivity index (χ0v) is 8.32. The standard InChI is InChI=1S/C10H13N3O2/c14-8-3-1-7(2-4-8)9(15)13-10-11-5-6-12-10/h5-7H,1-4H2,(H2,11,12,13,15). The summed E-state index contributed by atoms with van der Waals surface area (Å²) in [7, 11) is 0. The predicted molar refractivity (Wildman–Crippen MR) is 54.2 cm³/mol. The molecule has 1 aliphatic carbocycles. The second-order valence-corrected chi connectivity index (χ2v) is 3.74. The van der Waals surface area contributed by atoms with Gasteiger partial charge in [0.25, 0.3) is 0 Å². The second-order valence-electron chi connectivity index (χ2n) is 3.74. The molecule has 1 saturated carbocycles. The number of imidazole rings is 1. The fraction of sp³-hybridized carbons (Fsp3) is 0.500. The van der Waals surface area contributed by atoms with E-state index in [0.717, 1.165) is 0 Å². The molecule has 1 amide bonds. The van der Waals surface area contributed by atoms with E-state index in [9.17, 15) is 9.59 Å². The lowest BCUT2D eigenvalue weighted by Gasteiger charge is -2.19. The Hall–Kier alpha value is -1.65. The van der Waals surface area contributed by atoms with Crippen molar-refractivity contribution in [2.45, 2.75) is 25.7 Å². The molecule has 2 N–H and O–H groups in total. The van der Waals surface area contributed by atoms with Crippen LogP contribution in [0.1, 0.15) is 25.7 Å². The Labute approximate surface area is 87.3 Å². The monoisotopic (exact) mass is 207 g/mol. The quantitative estimate of drug-likeness (QED) is 0.762. The minimum Gasteiger partial charge on any atom is -0.331 e. The van der Waals surface area contributed by atoms with Gasteiger partial charge in [-0.1, -0.05) is 0 Å². The van der Waals surface area contributed by atoms with Crippen molar-refractivity contribution in [3.8, 4) is 0 Å². The third-order valence-corrected chi connectivity index (χ3v) is 2.65. The van der Waals surface area contributed by atoms with Crippen molar-refractivity contribution < 1.29 is 9.59 Å². The van der Waals surface area contributed by atoms with E-state index in [1.165, 1.54) is 0 Å². The van der Waals surface area contributed by atoms with Gasteiger partial charge in [0.05, 0.1) is 0 Å². The molecular formula is C10H13N3O2. The van der Waals surface area contributed by atoms with E-state index >= 15 is 0 Å².